The van der Waals surface area contributed by atoms with E-state index in [0.29, 0.717) is 21.6 Å². The van der Waals surface area contributed by atoms with E-state index in [9.17, 15) is 17.6 Å². The van der Waals surface area contributed by atoms with Gasteiger partial charge in [0, 0.05) is 38.0 Å². The fourth-order valence-electron chi connectivity index (χ4n) is 3.32. The molecule has 2 heterocycles. The zero-order chi connectivity index (χ0) is 26.3. The maximum absolute atomic E-state index is 15.2. The number of nitrogens with one attached hydrogen (secondary N) is 2. The molecule has 10 heteroatoms. The Bertz CT molecular complexity index is 1570. The highest BCUT2D eigenvalue weighted by Gasteiger charge is 2.26. The number of hydrogen-bond donors (Lipinski definition) is 2. The first-order valence-corrected chi connectivity index (χ1v) is 11.6. The van der Waals surface area contributed by atoms with Gasteiger partial charge in [-0.15, -0.1) is 0 Å². The summed E-state index contributed by atoms with van der Waals surface area (Å²) in [4.78, 5) is 20.3. The number of halogens is 3. The second-order valence-corrected chi connectivity index (χ2v) is 9.39. The van der Waals surface area contributed by atoms with Gasteiger partial charge in [0.1, 0.15) is 11.5 Å². The summed E-state index contributed by atoms with van der Waals surface area (Å²) < 4.78 is 77.6. The fourth-order valence-corrected chi connectivity index (χ4v) is 4.31. The molecule has 0 atom stereocenters. The average Bonchev–Trinajstić information content (AvgIpc) is 3.23. The van der Waals surface area contributed by atoms with E-state index >= 15 is 4.39 Å². The number of ketones is 1. The second kappa shape index (κ2) is 8.92. The van der Waals surface area contributed by atoms with Crippen molar-refractivity contribution in [2.24, 2.45) is 0 Å². The zero-order valence-corrected chi connectivity index (χ0v) is 18.4. The van der Waals surface area contributed by atoms with Crippen LogP contribution < -0.4 is 4.72 Å². The summed E-state index contributed by atoms with van der Waals surface area (Å²) in [5.41, 5.74) is -0.0374. The summed E-state index contributed by atoms with van der Waals surface area (Å²) in [6, 6.07) is 10.1. The van der Waals surface area contributed by atoms with Gasteiger partial charge >= 0.3 is 0 Å². The van der Waals surface area contributed by atoms with Crippen molar-refractivity contribution in [1.82, 2.24) is 9.97 Å². The first kappa shape index (κ1) is 19.2. The number of aromatic amines is 1. The summed E-state index contributed by atoms with van der Waals surface area (Å²) in [6.45, 7) is -2.51. The van der Waals surface area contributed by atoms with Gasteiger partial charge in [-0.25, -0.2) is 22.2 Å². The van der Waals surface area contributed by atoms with E-state index in [1.54, 1.807) is 36.5 Å². The molecular weight excluding hydrogens is 472 g/mol. The van der Waals surface area contributed by atoms with Gasteiger partial charge < -0.3 is 4.98 Å². The van der Waals surface area contributed by atoms with E-state index < -0.39 is 57.7 Å². The molecule has 4 aromatic rings. The minimum Gasteiger partial charge on any atom is -0.345 e. The molecule has 0 aliphatic rings. The van der Waals surface area contributed by atoms with Crippen LogP contribution >= 0.6 is 11.6 Å². The van der Waals surface area contributed by atoms with Gasteiger partial charge in [-0.1, -0.05) is 30.6 Å². The van der Waals surface area contributed by atoms with Crippen molar-refractivity contribution in [3.8, 4) is 11.1 Å². The molecule has 0 unspecified atom stereocenters. The molecule has 4 rings (SSSR count). The molecule has 0 radical (unpaired) electrons. The van der Waals surface area contributed by atoms with Gasteiger partial charge in [-0.2, -0.15) is 0 Å². The van der Waals surface area contributed by atoms with Crippen LogP contribution in [0.5, 0.6) is 0 Å². The van der Waals surface area contributed by atoms with Crippen molar-refractivity contribution in [2.45, 2.75) is 13.3 Å². The lowest BCUT2D eigenvalue weighted by Crippen LogP contribution is -2.18. The Labute approximate surface area is 197 Å². The van der Waals surface area contributed by atoms with Crippen molar-refractivity contribution < 1.29 is 26.1 Å². The largest absolute Gasteiger partial charge is 0.345 e. The molecule has 0 aliphatic carbocycles. The van der Waals surface area contributed by atoms with E-state index in [4.69, 9.17) is 15.7 Å². The Balaban J connectivity index is 1.71. The van der Waals surface area contributed by atoms with Gasteiger partial charge in [0.05, 0.1) is 17.0 Å². The smallest absolute Gasteiger partial charge is 0.232 e. The van der Waals surface area contributed by atoms with Crippen LogP contribution in [0.4, 0.5) is 14.5 Å². The molecule has 0 amide bonds. The third-order valence-corrected chi connectivity index (χ3v) is 6.43. The number of carbonyl (C=O) groups is 1. The van der Waals surface area contributed by atoms with Crippen LogP contribution in [0.1, 0.15) is 33.3 Å². The summed E-state index contributed by atoms with van der Waals surface area (Å²) >= 11 is 5.93. The van der Waals surface area contributed by atoms with E-state index in [-0.39, 0.29) is 5.56 Å². The van der Waals surface area contributed by atoms with E-state index in [0.717, 1.165) is 17.7 Å². The van der Waals surface area contributed by atoms with Gasteiger partial charge in [-0.05, 0) is 42.3 Å². The number of rotatable bonds is 7. The van der Waals surface area contributed by atoms with E-state index in [2.05, 4.69) is 9.97 Å². The Morgan fingerprint density at radius 2 is 1.94 bits per heavy atom. The number of anilines is 1. The monoisotopic (exact) mass is 492 g/mol. The first-order valence-electron chi connectivity index (χ1n) is 11.1. The van der Waals surface area contributed by atoms with Crippen LogP contribution in [0.2, 0.25) is 5.02 Å². The Kier molecular flexibility index (Phi) is 5.19. The van der Waals surface area contributed by atoms with E-state index in [1.165, 1.54) is 6.20 Å². The first-order chi connectivity index (χ1) is 16.8. The summed E-state index contributed by atoms with van der Waals surface area (Å²) in [7, 11) is -4.28. The molecule has 0 aliphatic heterocycles. The molecule has 170 valence electrons. The molecular formula is C23H18ClF2N3O3S. The van der Waals surface area contributed by atoms with Crippen molar-refractivity contribution in [1.29, 1.82) is 0 Å². The highest BCUT2D eigenvalue weighted by molar-refractivity contribution is 7.92. The topological polar surface area (TPSA) is 91.9 Å². The molecule has 2 aromatic carbocycles. The third-order valence-electron chi connectivity index (χ3n) is 4.91. The minimum atomic E-state index is -4.28. The van der Waals surface area contributed by atoms with Gasteiger partial charge in [-0.3, -0.25) is 9.52 Å². The van der Waals surface area contributed by atoms with Gasteiger partial charge in [0.15, 0.2) is 5.82 Å². The maximum Gasteiger partial charge on any atom is 0.232 e. The predicted octanol–water partition coefficient (Wildman–Crippen LogP) is 5.54. The highest BCUT2D eigenvalue weighted by atomic mass is 35.5. The maximum atomic E-state index is 15.2. The lowest BCUT2D eigenvalue weighted by atomic mass is 10.00. The zero-order valence-electron chi connectivity index (χ0n) is 19.8. The van der Waals surface area contributed by atoms with Crippen LogP contribution in [0, 0.1) is 11.6 Å². The van der Waals surface area contributed by atoms with Crippen LogP contribution in [0.15, 0.2) is 54.9 Å². The number of H-pyrrole nitrogens is 1. The number of fused-ring (bicyclic) bond motifs is 1. The number of hydrogen-bond acceptors (Lipinski definition) is 4. The Hall–Kier alpha value is -3.30. The van der Waals surface area contributed by atoms with Crippen molar-refractivity contribution in [3.05, 3.63) is 82.6 Å². The van der Waals surface area contributed by atoms with Crippen molar-refractivity contribution in [2.75, 3.05) is 10.5 Å². The molecule has 0 saturated carbocycles. The number of sulfonamides is 1. The molecule has 2 N–H and O–H groups in total. The molecule has 0 spiro atoms. The summed E-state index contributed by atoms with van der Waals surface area (Å²) in [6.07, 6.45) is 2.15. The average molecular weight is 493 g/mol. The molecule has 2 aromatic heterocycles. The van der Waals surface area contributed by atoms with Gasteiger partial charge in [0.2, 0.25) is 15.8 Å². The Morgan fingerprint density at radius 1 is 1.18 bits per heavy atom. The lowest BCUT2D eigenvalue weighted by Gasteiger charge is -2.11. The summed E-state index contributed by atoms with van der Waals surface area (Å²) in [5.74, 6) is -4.46. The lowest BCUT2D eigenvalue weighted by molar-refractivity contribution is 0.103. The van der Waals surface area contributed by atoms with Crippen LogP contribution in [0.25, 0.3) is 22.2 Å². The van der Waals surface area contributed by atoms with Crippen LogP contribution in [-0.2, 0) is 10.0 Å². The molecule has 33 heavy (non-hydrogen) atoms. The quantitative estimate of drug-likeness (QED) is 0.331. The van der Waals surface area contributed by atoms with Crippen molar-refractivity contribution in [3.63, 3.8) is 0 Å². The number of benzene rings is 2. The van der Waals surface area contributed by atoms with Crippen molar-refractivity contribution >= 4 is 44.1 Å². The second-order valence-electron chi connectivity index (χ2n) is 7.11. The van der Waals surface area contributed by atoms with Crippen LogP contribution in [-0.4, -0.2) is 29.9 Å². The highest BCUT2D eigenvalue weighted by Crippen LogP contribution is 2.30. The van der Waals surface area contributed by atoms with Gasteiger partial charge in [0.25, 0.3) is 0 Å². The predicted molar refractivity (Wildman–Crippen MR) is 124 cm³/mol. The number of aromatic nitrogens is 2. The summed E-state index contributed by atoms with van der Waals surface area (Å²) in [5, 5.41) is 0.833. The third kappa shape index (κ3) is 4.60. The SMILES string of the molecule is [2H]C([2H])([2H])CCS(=O)(=O)Nc1ccc(F)c(C(=O)c2c[nH]c3ncc(-c4ccc(Cl)cc4)cc23)c1F. The standard InChI is InChI=1S/C23H18ClF2N3O3S/c1-2-9-33(31,32)29-19-8-7-18(25)20(21(19)26)22(30)17-12-28-23-16(17)10-14(11-27-23)13-3-5-15(24)6-4-13/h3-8,10-12,29H,2,9H2,1H3,(H,27,28)/i1D3. The molecule has 6 nitrogen and oxygen atoms in total. The number of pyridine rings is 1. The normalized spacial score (nSPS) is 13.4. The van der Waals surface area contributed by atoms with E-state index in [1.807, 2.05) is 4.72 Å². The van der Waals surface area contributed by atoms with Crippen LogP contribution in [0.3, 0.4) is 0 Å². The minimum absolute atomic E-state index is 0.0754. The molecule has 0 fully saturated rings. The molecule has 0 bridgehead atoms. The number of carbonyl (C=O) groups excluding carboxylic acids is 1. The Morgan fingerprint density at radius 3 is 2.67 bits per heavy atom. The molecule has 0 saturated heterocycles. The fraction of sp³-hybridized carbons (Fsp3) is 0.130. The number of nitrogens with zero attached hydrogens (tertiary/aromatic N) is 1.